The molecule has 3 N–H and O–H groups in total. The number of rotatable bonds is 2. The summed E-state index contributed by atoms with van der Waals surface area (Å²) in [4.78, 5) is 0. The van der Waals surface area contributed by atoms with Crippen molar-refractivity contribution in [3.8, 4) is 0 Å². The Morgan fingerprint density at radius 3 is 1.75 bits per heavy atom. The van der Waals surface area contributed by atoms with Gasteiger partial charge in [-0.05, 0) is 13.3 Å². The van der Waals surface area contributed by atoms with Crippen LogP contribution in [0.15, 0.2) is 0 Å². The van der Waals surface area contributed by atoms with Crippen LogP contribution in [-0.2, 0) is 0 Å². The molecule has 0 saturated heterocycles. The standard InChI is InChI=1S/C4H10O2.CH4O/c1-4(6)2-3-5;1-2/h4-6H,2-3H2,1H3;2H,1H3. The predicted octanol–water partition coefficient (Wildman–Crippen LogP) is -0.642. The van der Waals surface area contributed by atoms with Gasteiger partial charge < -0.3 is 15.3 Å². The summed E-state index contributed by atoms with van der Waals surface area (Å²) in [6.45, 7) is 1.73. The van der Waals surface area contributed by atoms with Gasteiger partial charge in [0, 0.05) is 13.7 Å². The third-order valence-corrected chi connectivity index (χ3v) is 0.547. The highest BCUT2D eigenvalue weighted by atomic mass is 16.3. The van der Waals surface area contributed by atoms with Gasteiger partial charge in [-0.25, -0.2) is 0 Å². The van der Waals surface area contributed by atoms with Gasteiger partial charge in [-0.2, -0.15) is 0 Å². The lowest BCUT2D eigenvalue weighted by Crippen LogP contribution is -2.00. The van der Waals surface area contributed by atoms with Gasteiger partial charge in [0.1, 0.15) is 0 Å². The fourth-order valence-corrected chi connectivity index (χ4v) is 0.187. The summed E-state index contributed by atoms with van der Waals surface area (Å²) in [5, 5.41) is 23.5. The molecular formula is C5H14O3. The lowest BCUT2D eigenvalue weighted by atomic mass is 10.3. The Balaban J connectivity index is 0. The minimum absolute atomic E-state index is 0.0810. The van der Waals surface area contributed by atoms with Crippen LogP contribution < -0.4 is 0 Å². The highest BCUT2D eigenvalue weighted by molar-refractivity contribution is 4.40. The van der Waals surface area contributed by atoms with Crippen molar-refractivity contribution in [3.05, 3.63) is 0 Å². The molecule has 0 fully saturated rings. The SMILES string of the molecule is CC(O)CCO.CO. The second-order valence-corrected chi connectivity index (χ2v) is 1.36. The maximum absolute atomic E-state index is 8.39. The van der Waals surface area contributed by atoms with E-state index in [9.17, 15) is 0 Å². The Morgan fingerprint density at radius 1 is 1.38 bits per heavy atom. The van der Waals surface area contributed by atoms with Gasteiger partial charge in [0.15, 0.2) is 0 Å². The van der Waals surface area contributed by atoms with E-state index in [1.54, 1.807) is 6.92 Å². The second kappa shape index (κ2) is 9.99. The molecule has 3 nitrogen and oxygen atoms in total. The van der Waals surface area contributed by atoms with Crippen LogP contribution in [-0.4, -0.2) is 35.1 Å². The maximum atomic E-state index is 8.39. The van der Waals surface area contributed by atoms with Crippen LogP contribution in [0.1, 0.15) is 13.3 Å². The average molecular weight is 122 g/mol. The molecule has 0 spiro atoms. The smallest absolute Gasteiger partial charge is 0.0533 e. The molecule has 0 saturated carbocycles. The summed E-state index contributed by atoms with van der Waals surface area (Å²) in [7, 11) is 1.00. The number of aliphatic hydroxyl groups is 3. The molecule has 1 atom stereocenters. The maximum Gasteiger partial charge on any atom is 0.0533 e. The predicted molar refractivity (Wildman–Crippen MR) is 31.5 cm³/mol. The lowest BCUT2D eigenvalue weighted by molar-refractivity contribution is 0.148. The quantitative estimate of drug-likeness (QED) is 0.456. The van der Waals surface area contributed by atoms with Gasteiger partial charge >= 0.3 is 0 Å². The molecule has 0 aromatic rings. The number of aliphatic hydroxyl groups excluding tert-OH is 3. The van der Waals surface area contributed by atoms with E-state index < -0.39 is 0 Å². The van der Waals surface area contributed by atoms with Gasteiger partial charge in [0.05, 0.1) is 6.10 Å². The van der Waals surface area contributed by atoms with Gasteiger partial charge in [0.25, 0.3) is 0 Å². The molecule has 0 rings (SSSR count). The zero-order valence-electron chi connectivity index (χ0n) is 5.33. The van der Waals surface area contributed by atoms with Crippen LogP contribution in [0.3, 0.4) is 0 Å². The topological polar surface area (TPSA) is 60.7 Å². The molecular weight excluding hydrogens is 108 g/mol. The van der Waals surface area contributed by atoms with Crippen molar-refractivity contribution < 1.29 is 15.3 Å². The van der Waals surface area contributed by atoms with Crippen molar-refractivity contribution in [3.63, 3.8) is 0 Å². The number of hydrogen-bond donors (Lipinski definition) is 3. The van der Waals surface area contributed by atoms with E-state index in [2.05, 4.69) is 0 Å². The molecule has 0 aromatic heterocycles. The van der Waals surface area contributed by atoms with E-state index in [1.165, 1.54) is 0 Å². The van der Waals surface area contributed by atoms with Crippen molar-refractivity contribution >= 4 is 0 Å². The third-order valence-electron chi connectivity index (χ3n) is 0.547. The molecule has 1 unspecified atom stereocenters. The van der Waals surface area contributed by atoms with Crippen molar-refractivity contribution in [1.29, 1.82) is 0 Å². The molecule has 52 valence electrons. The van der Waals surface area contributed by atoms with Crippen LogP contribution in [0.25, 0.3) is 0 Å². The molecule has 0 aliphatic rings. The first kappa shape index (κ1) is 10.8. The molecule has 0 aliphatic heterocycles. The molecule has 3 heteroatoms. The van der Waals surface area contributed by atoms with Gasteiger partial charge in [-0.3, -0.25) is 0 Å². The Morgan fingerprint density at radius 2 is 1.75 bits per heavy atom. The van der Waals surface area contributed by atoms with Crippen LogP contribution in [0.2, 0.25) is 0 Å². The largest absolute Gasteiger partial charge is 0.400 e. The Hall–Kier alpha value is -0.120. The molecule has 0 amide bonds. The first-order valence-electron chi connectivity index (χ1n) is 2.51. The van der Waals surface area contributed by atoms with E-state index in [4.69, 9.17) is 15.3 Å². The van der Waals surface area contributed by atoms with Crippen molar-refractivity contribution in [1.82, 2.24) is 0 Å². The summed E-state index contributed by atoms with van der Waals surface area (Å²) in [5.74, 6) is 0. The van der Waals surface area contributed by atoms with E-state index in [0.29, 0.717) is 6.42 Å². The van der Waals surface area contributed by atoms with Crippen molar-refractivity contribution in [2.75, 3.05) is 13.7 Å². The van der Waals surface area contributed by atoms with Crippen LogP contribution in [0.4, 0.5) is 0 Å². The summed E-state index contributed by atoms with van der Waals surface area (Å²) >= 11 is 0. The zero-order chi connectivity index (χ0) is 6.99. The average Bonchev–Trinajstić information content (AvgIpc) is 1.72. The fourth-order valence-electron chi connectivity index (χ4n) is 0.187. The summed E-state index contributed by atoms with van der Waals surface area (Å²) in [6, 6.07) is 0. The Labute approximate surface area is 49.6 Å². The van der Waals surface area contributed by atoms with Gasteiger partial charge in [0.2, 0.25) is 0 Å². The van der Waals surface area contributed by atoms with E-state index in [1.807, 2.05) is 0 Å². The zero-order valence-corrected chi connectivity index (χ0v) is 5.33. The first-order chi connectivity index (χ1) is 3.77. The number of hydrogen-bond acceptors (Lipinski definition) is 3. The van der Waals surface area contributed by atoms with E-state index in [0.717, 1.165) is 7.11 Å². The normalized spacial score (nSPS) is 11.6. The van der Waals surface area contributed by atoms with Gasteiger partial charge in [-0.15, -0.1) is 0 Å². The van der Waals surface area contributed by atoms with Crippen LogP contribution >= 0.6 is 0 Å². The van der Waals surface area contributed by atoms with E-state index >= 15 is 0 Å². The van der Waals surface area contributed by atoms with Crippen molar-refractivity contribution in [2.45, 2.75) is 19.4 Å². The Kier molecular flexibility index (Phi) is 13.5. The molecule has 0 bridgehead atoms. The molecule has 0 aromatic carbocycles. The lowest BCUT2D eigenvalue weighted by Gasteiger charge is -1.95. The highest BCUT2D eigenvalue weighted by Crippen LogP contribution is 1.83. The van der Waals surface area contributed by atoms with Crippen LogP contribution in [0.5, 0.6) is 0 Å². The van der Waals surface area contributed by atoms with Crippen LogP contribution in [0, 0.1) is 0 Å². The molecule has 8 heavy (non-hydrogen) atoms. The Bertz CT molecular complexity index is 28.9. The van der Waals surface area contributed by atoms with E-state index in [-0.39, 0.29) is 12.7 Å². The third kappa shape index (κ3) is 16.9. The molecule has 0 radical (unpaired) electrons. The first-order valence-corrected chi connectivity index (χ1v) is 2.51. The molecule has 0 aliphatic carbocycles. The minimum Gasteiger partial charge on any atom is -0.400 e. The minimum atomic E-state index is -0.352. The van der Waals surface area contributed by atoms with Crippen molar-refractivity contribution in [2.24, 2.45) is 0 Å². The molecule has 0 heterocycles. The van der Waals surface area contributed by atoms with Gasteiger partial charge in [-0.1, -0.05) is 0 Å². The second-order valence-electron chi connectivity index (χ2n) is 1.36. The highest BCUT2D eigenvalue weighted by Gasteiger charge is 1.88. The summed E-state index contributed by atoms with van der Waals surface area (Å²) in [6.07, 6.45) is 0.134. The monoisotopic (exact) mass is 122 g/mol. The fraction of sp³-hybridized carbons (Fsp3) is 1.00. The summed E-state index contributed by atoms with van der Waals surface area (Å²) < 4.78 is 0. The summed E-state index contributed by atoms with van der Waals surface area (Å²) in [5.41, 5.74) is 0.